The summed E-state index contributed by atoms with van der Waals surface area (Å²) in [5.41, 5.74) is 3.68. The molecule has 2 aliphatic rings. The summed E-state index contributed by atoms with van der Waals surface area (Å²) in [6.07, 6.45) is 1.03. The lowest BCUT2D eigenvalue weighted by Gasteiger charge is -2.40. The van der Waals surface area contributed by atoms with Crippen LogP contribution in [0.15, 0.2) is 18.2 Å². The molecule has 0 aromatic heterocycles. The third-order valence-electron chi connectivity index (χ3n) is 3.73. The van der Waals surface area contributed by atoms with Crippen LogP contribution < -0.4 is 10.2 Å². The number of hydrogen-bond donors (Lipinski definition) is 1. The van der Waals surface area contributed by atoms with Gasteiger partial charge in [-0.05, 0) is 31.6 Å². The molecule has 1 unspecified atom stereocenters. The van der Waals surface area contributed by atoms with Crippen LogP contribution in [0.3, 0.4) is 0 Å². The Morgan fingerprint density at radius 2 is 2.12 bits per heavy atom. The highest BCUT2D eigenvalue weighted by atomic mass is 16.2. The Labute approximate surface area is 101 Å². The van der Waals surface area contributed by atoms with E-state index in [0.29, 0.717) is 12.6 Å². The van der Waals surface area contributed by atoms with E-state index in [1.807, 2.05) is 4.90 Å². The molecule has 3 rings (SSSR count). The molecule has 0 radical (unpaired) electrons. The fourth-order valence-electron chi connectivity index (χ4n) is 2.72. The van der Waals surface area contributed by atoms with E-state index in [0.717, 1.165) is 18.7 Å². The van der Waals surface area contributed by atoms with Gasteiger partial charge in [-0.3, -0.25) is 4.90 Å². The average molecular weight is 231 g/mol. The fraction of sp³-hybridized carbons (Fsp3) is 0.462. The van der Waals surface area contributed by atoms with Crippen molar-refractivity contribution < 1.29 is 4.79 Å². The standard InChI is InChI=1S/C13H17N3O/c1-15(2)11-6-9-4-3-5-10-7-14-13(17)16(8-11)12(9)10/h3-5,11H,6-8H2,1-2H3,(H,14,17). The number of hydrogen-bond acceptors (Lipinski definition) is 2. The summed E-state index contributed by atoms with van der Waals surface area (Å²) in [6, 6.07) is 6.77. The molecule has 0 saturated carbocycles. The topological polar surface area (TPSA) is 35.6 Å². The lowest BCUT2D eigenvalue weighted by atomic mass is 9.93. The molecule has 0 fully saturated rings. The first-order chi connectivity index (χ1) is 8.16. The normalized spacial score (nSPS) is 22.4. The van der Waals surface area contributed by atoms with Crippen LogP contribution >= 0.6 is 0 Å². The summed E-state index contributed by atoms with van der Waals surface area (Å²) in [7, 11) is 4.14. The highest BCUT2D eigenvalue weighted by molar-refractivity contribution is 5.96. The number of amides is 2. The second-order valence-corrected chi connectivity index (χ2v) is 5.02. The average Bonchev–Trinajstić information content (AvgIpc) is 2.33. The molecule has 1 N–H and O–H groups in total. The van der Waals surface area contributed by atoms with Gasteiger partial charge in [0.2, 0.25) is 0 Å². The van der Waals surface area contributed by atoms with Gasteiger partial charge in [-0.15, -0.1) is 0 Å². The van der Waals surface area contributed by atoms with E-state index in [9.17, 15) is 4.79 Å². The van der Waals surface area contributed by atoms with Crippen LogP contribution in [-0.2, 0) is 13.0 Å². The summed E-state index contributed by atoms with van der Waals surface area (Å²) >= 11 is 0. The molecule has 4 heteroatoms. The van der Waals surface area contributed by atoms with Crippen LogP contribution in [0.5, 0.6) is 0 Å². The Morgan fingerprint density at radius 3 is 2.88 bits per heavy atom. The second kappa shape index (κ2) is 3.74. The van der Waals surface area contributed by atoms with Gasteiger partial charge in [-0.2, -0.15) is 0 Å². The molecule has 2 heterocycles. The van der Waals surface area contributed by atoms with Crippen molar-refractivity contribution in [2.75, 3.05) is 25.5 Å². The zero-order valence-electron chi connectivity index (χ0n) is 10.2. The Bertz CT molecular complexity index is 470. The maximum atomic E-state index is 11.9. The van der Waals surface area contributed by atoms with Crippen molar-refractivity contribution in [2.45, 2.75) is 19.0 Å². The molecule has 1 aromatic carbocycles. The zero-order valence-corrected chi connectivity index (χ0v) is 10.2. The van der Waals surface area contributed by atoms with E-state index < -0.39 is 0 Å². The minimum absolute atomic E-state index is 0.0384. The summed E-state index contributed by atoms with van der Waals surface area (Å²) in [6.45, 7) is 1.44. The third-order valence-corrected chi connectivity index (χ3v) is 3.73. The van der Waals surface area contributed by atoms with E-state index in [1.165, 1.54) is 11.1 Å². The van der Waals surface area contributed by atoms with Crippen LogP contribution in [0.4, 0.5) is 10.5 Å². The molecule has 0 aliphatic carbocycles. The van der Waals surface area contributed by atoms with Crippen molar-refractivity contribution in [3.05, 3.63) is 29.3 Å². The number of rotatable bonds is 1. The molecule has 2 aliphatic heterocycles. The number of urea groups is 1. The first kappa shape index (κ1) is 10.6. The molecule has 17 heavy (non-hydrogen) atoms. The molecule has 4 nitrogen and oxygen atoms in total. The summed E-state index contributed by atoms with van der Waals surface area (Å²) in [5.74, 6) is 0. The highest BCUT2D eigenvalue weighted by Crippen LogP contribution is 2.34. The molecule has 1 atom stereocenters. The van der Waals surface area contributed by atoms with Crippen molar-refractivity contribution in [2.24, 2.45) is 0 Å². The van der Waals surface area contributed by atoms with E-state index >= 15 is 0 Å². The van der Waals surface area contributed by atoms with Gasteiger partial charge in [0.1, 0.15) is 0 Å². The van der Waals surface area contributed by atoms with Gasteiger partial charge < -0.3 is 10.2 Å². The van der Waals surface area contributed by atoms with Crippen molar-refractivity contribution in [1.82, 2.24) is 10.2 Å². The van der Waals surface area contributed by atoms with E-state index in [2.05, 4.69) is 42.5 Å². The molecule has 0 spiro atoms. The summed E-state index contributed by atoms with van der Waals surface area (Å²) in [5, 5.41) is 2.93. The number of para-hydroxylation sites is 1. The number of nitrogens with one attached hydrogen (secondary N) is 1. The first-order valence-electron chi connectivity index (χ1n) is 5.99. The largest absolute Gasteiger partial charge is 0.334 e. The lowest BCUT2D eigenvalue weighted by molar-refractivity contribution is 0.235. The number of carbonyl (C=O) groups is 1. The quantitative estimate of drug-likeness (QED) is 0.788. The number of anilines is 1. The number of likely N-dealkylation sites (N-methyl/N-ethyl adjacent to an activating group) is 1. The predicted octanol–water partition coefficient (Wildman–Crippen LogP) is 1.20. The van der Waals surface area contributed by atoms with Gasteiger partial charge in [0, 0.05) is 19.1 Å². The van der Waals surface area contributed by atoms with Crippen LogP contribution in [0, 0.1) is 0 Å². The van der Waals surface area contributed by atoms with E-state index in [-0.39, 0.29) is 6.03 Å². The Balaban J connectivity index is 2.08. The van der Waals surface area contributed by atoms with E-state index in [4.69, 9.17) is 0 Å². The van der Waals surface area contributed by atoms with Crippen molar-refractivity contribution >= 4 is 11.7 Å². The minimum atomic E-state index is 0.0384. The second-order valence-electron chi connectivity index (χ2n) is 5.02. The third kappa shape index (κ3) is 1.60. The molecule has 2 amide bonds. The molecule has 0 bridgehead atoms. The van der Waals surface area contributed by atoms with Gasteiger partial charge in [0.05, 0.1) is 5.69 Å². The molecule has 90 valence electrons. The van der Waals surface area contributed by atoms with Gasteiger partial charge >= 0.3 is 6.03 Å². The molecular formula is C13H17N3O. The van der Waals surface area contributed by atoms with Gasteiger partial charge in [-0.25, -0.2) is 4.79 Å². The summed E-state index contributed by atoms with van der Waals surface area (Å²) < 4.78 is 0. The van der Waals surface area contributed by atoms with Gasteiger partial charge in [-0.1, -0.05) is 18.2 Å². The zero-order chi connectivity index (χ0) is 12.0. The Morgan fingerprint density at radius 1 is 1.35 bits per heavy atom. The smallest absolute Gasteiger partial charge is 0.322 e. The number of benzene rings is 1. The predicted molar refractivity (Wildman–Crippen MR) is 67.2 cm³/mol. The van der Waals surface area contributed by atoms with Crippen LogP contribution in [0.25, 0.3) is 0 Å². The number of carbonyl (C=O) groups excluding carboxylic acids is 1. The van der Waals surface area contributed by atoms with Crippen LogP contribution in [-0.4, -0.2) is 37.6 Å². The van der Waals surface area contributed by atoms with Crippen molar-refractivity contribution in [1.29, 1.82) is 0 Å². The van der Waals surface area contributed by atoms with E-state index in [1.54, 1.807) is 0 Å². The lowest BCUT2D eigenvalue weighted by Crippen LogP contribution is -2.53. The highest BCUT2D eigenvalue weighted by Gasteiger charge is 2.33. The SMILES string of the molecule is CN(C)C1Cc2cccc3c2N(C1)C(=O)NC3. The fourth-order valence-corrected chi connectivity index (χ4v) is 2.72. The maximum Gasteiger partial charge on any atom is 0.322 e. The maximum absolute atomic E-state index is 11.9. The van der Waals surface area contributed by atoms with Gasteiger partial charge in [0.25, 0.3) is 0 Å². The minimum Gasteiger partial charge on any atom is -0.334 e. The monoisotopic (exact) mass is 231 g/mol. The summed E-state index contributed by atoms with van der Waals surface area (Å²) in [4.78, 5) is 16.0. The Kier molecular flexibility index (Phi) is 2.33. The van der Waals surface area contributed by atoms with Crippen molar-refractivity contribution in [3.63, 3.8) is 0 Å². The number of nitrogens with zero attached hydrogens (tertiary/aromatic N) is 2. The van der Waals surface area contributed by atoms with Crippen molar-refractivity contribution in [3.8, 4) is 0 Å². The Hall–Kier alpha value is -1.55. The molecule has 0 saturated heterocycles. The molecular weight excluding hydrogens is 214 g/mol. The van der Waals surface area contributed by atoms with Crippen LogP contribution in [0.1, 0.15) is 11.1 Å². The first-order valence-corrected chi connectivity index (χ1v) is 5.99. The molecule has 1 aromatic rings. The van der Waals surface area contributed by atoms with Gasteiger partial charge in [0.15, 0.2) is 0 Å². The van der Waals surface area contributed by atoms with Crippen LogP contribution in [0.2, 0.25) is 0 Å².